The van der Waals surface area contributed by atoms with Gasteiger partial charge in [0.15, 0.2) is 40.2 Å². The van der Waals surface area contributed by atoms with Gasteiger partial charge < -0.3 is 31.8 Å². The van der Waals surface area contributed by atoms with Gasteiger partial charge in [-0.25, -0.2) is 44.0 Å². The summed E-state index contributed by atoms with van der Waals surface area (Å²) < 4.78 is 39.0. The van der Waals surface area contributed by atoms with E-state index in [9.17, 15) is 34.1 Å². The van der Waals surface area contributed by atoms with Crippen LogP contribution < -0.4 is 31.9 Å². The number of pyridine rings is 3. The monoisotopic (exact) mass is 1680 g/mol. The van der Waals surface area contributed by atoms with Crippen molar-refractivity contribution >= 4 is 119 Å². The minimum atomic E-state index is -0.595. The molecule has 0 bridgehead atoms. The van der Waals surface area contributed by atoms with Gasteiger partial charge in [0.2, 0.25) is 11.8 Å². The first-order valence-corrected chi connectivity index (χ1v) is 41.4. The Kier molecular flexibility index (Phi) is 24.6. The Morgan fingerprint density at radius 2 is 0.950 bits per heavy atom. The first kappa shape index (κ1) is 80.4. The molecule has 3 saturated heterocycles. The number of carbonyl (C=O) groups is 3. The highest BCUT2D eigenvalue weighted by Gasteiger charge is 2.24. The van der Waals surface area contributed by atoms with Gasteiger partial charge in [0.05, 0.1) is 111 Å². The molecule has 18 heterocycles. The SMILES string of the molecule is Cc1cn2c(-c3cnn(CC(=O)N=c4ccn(O)cc4)c3)cnc2c(Nc2cc(CN3CCCC(C)C3)ns2)n1.Cc1cn2c(-c3cnn(CC(=O)Nc4ccncc4F)c3)cnc2c(Nc2cc(CN3CCCCC3)ns2)n1.Cc1cn2c(-c3cnn(CC(=O)Nc4ccncc4[N+](=O)[O-])c3)cnc2c(Nc2cc(CN3CCCCC3)ns2)n1. The average Bonchev–Trinajstić information content (AvgIpc) is 1.63. The molecule has 18 rings (SSSR count). The summed E-state index contributed by atoms with van der Waals surface area (Å²) in [5.41, 5.74) is 12.2. The van der Waals surface area contributed by atoms with Crippen molar-refractivity contribution in [3.63, 3.8) is 0 Å². The molecule has 1 atom stereocenters. The molecule has 0 aromatic carbocycles. The largest absolute Gasteiger partial charge is 0.429 e. The topological polar surface area (TPSA) is 410 Å². The number of rotatable bonds is 24. The summed E-state index contributed by atoms with van der Waals surface area (Å²) in [5, 5.41) is 52.0. The van der Waals surface area contributed by atoms with Gasteiger partial charge in [0.25, 0.3) is 5.91 Å². The molecule has 120 heavy (non-hydrogen) atoms. The van der Waals surface area contributed by atoms with Crippen LogP contribution in [-0.4, -0.2) is 182 Å². The van der Waals surface area contributed by atoms with Crippen LogP contribution in [0.15, 0.2) is 159 Å². The van der Waals surface area contributed by atoms with Gasteiger partial charge in [-0.15, -0.1) is 0 Å². The zero-order valence-corrected chi connectivity index (χ0v) is 68.3. The van der Waals surface area contributed by atoms with Crippen molar-refractivity contribution < 1.29 is 28.9 Å². The van der Waals surface area contributed by atoms with Crippen molar-refractivity contribution in [3.8, 4) is 33.8 Å². The molecule has 3 aliphatic rings. The molecule has 616 valence electrons. The van der Waals surface area contributed by atoms with Crippen molar-refractivity contribution in [2.24, 2.45) is 10.9 Å². The quantitative estimate of drug-likeness (QED) is 0.0186. The third kappa shape index (κ3) is 19.9. The van der Waals surface area contributed by atoms with Crippen LogP contribution in [0, 0.1) is 42.6 Å². The number of hydrogen-bond acceptors (Lipinski definition) is 29. The molecule has 3 amide bonds. The fraction of sp³-hybridized carbons (Fsp3) is 0.316. The van der Waals surface area contributed by atoms with Crippen LogP contribution in [0.1, 0.15) is 92.5 Å². The number of amides is 3. The van der Waals surface area contributed by atoms with E-state index in [1.165, 1.54) is 132 Å². The number of nitro groups is 1. The molecule has 0 radical (unpaired) electrons. The van der Waals surface area contributed by atoms with Gasteiger partial charge >= 0.3 is 5.69 Å². The fourth-order valence-corrected chi connectivity index (χ4v) is 16.6. The lowest BCUT2D eigenvalue weighted by Crippen LogP contribution is -2.33. The van der Waals surface area contributed by atoms with Crippen LogP contribution in [0.2, 0.25) is 0 Å². The van der Waals surface area contributed by atoms with E-state index < -0.39 is 22.6 Å². The van der Waals surface area contributed by atoms with E-state index in [4.69, 9.17) is 4.98 Å². The third-order valence-corrected chi connectivity index (χ3v) is 22.3. The van der Waals surface area contributed by atoms with Gasteiger partial charge in [0.1, 0.15) is 46.5 Å². The average molecular weight is 1680 g/mol. The van der Waals surface area contributed by atoms with Gasteiger partial charge in [-0.3, -0.25) is 76.4 Å². The lowest BCUT2D eigenvalue weighted by Gasteiger charge is -2.30. The zero-order valence-electron chi connectivity index (χ0n) is 65.9. The molecule has 15 aromatic rings. The summed E-state index contributed by atoms with van der Waals surface area (Å²) >= 11 is 4.25. The van der Waals surface area contributed by atoms with Crippen LogP contribution in [0.3, 0.4) is 0 Å². The number of piperidine rings is 3. The number of halogens is 1. The van der Waals surface area contributed by atoms with Crippen LogP contribution in [0.25, 0.3) is 50.7 Å². The van der Waals surface area contributed by atoms with E-state index in [2.05, 4.69) is 135 Å². The molecule has 37 nitrogen and oxygen atoms in total. The molecule has 0 aliphatic carbocycles. The fourth-order valence-electron chi connectivity index (χ4n) is 14.6. The Balaban J connectivity index is 0.000000134. The second-order valence-corrected chi connectivity index (χ2v) is 32.0. The highest BCUT2D eigenvalue weighted by Crippen LogP contribution is 2.34. The summed E-state index contributed by atoms with van der Waals surface area (Å²) in [6.45, 7) is 17.2. The van der Waals surface area contributed by atoms with Crippen molar-refractivity contribution in [3.05, 3.63) is 209 Å². The number of likely N-dealkylation sites (tertiary alicyclic amines) is 3. The van der Waals surface area contributed by atoms with E-state index in [0.717, 1.165) is 165 Å². The predicted octanol–water partition coefficient (Wildman–Crippen LogP) is 11.8. The molecule has 15 aromatic heterocycles. The number of carbonyl (C=O) groups excluding carboxylic acids is 3. The molecule has 1 unspecified atom stereocenters. The lowest BCUT2D eigenvalue weighted by molar-refractivity contribution is -0.384. The smallest absolute Gasteiger partial charge is 0.310 e. The Morgan fingerprint density at radius 1 is 0.533 bits per heavy atom. The second-order valence-electron chi connectivity index (χ2n) is 29.6. The molecule has 0 saturated carbocycles. The molecule has 0 spiro atoms. The summed E-state index contributed by atoms with van der Waals surface area (Å²) in [4.78, 5) is 94.8. The van der Waals surface area contributed by atoms with Crippen LogP contribution in [0.5, 0.6) is 0 Å². The molecule has 41 heteroatoms. The molecular weight excluding hydrogens is 1590 g/mol. The van der Waals surface area contributed by atoms with Crippen molar-refractivity contribution in [2.75, 3.05) is 65.9 Å². The molecule has 3 aliphatic heterocycles. The maximum atomic E-state index is 13.8. The number of nitrogens with one attached hydrogen (secondary N) is 5. The minimum Gasteiger partial charge on any atom is -0.429 e. The van der Waals surface area contributed by atoms with Gasteiger partial charge in [-0.2, -0.15) is 28.4 Å². The van der Waals surface area contributed by atoms with E-state index in [-0.39, 0.29) is 42.6 Å². The van der Waals surface area contributed by atoms with Crippen molar-refractivity contribution in [1.82, 2.24) is 115 Å². The van der Waals surface area contributed by atoms with E-state index in [1.54, 1.807) is 72.6 Å². The number of fused-ring (bicyclic) bond motifs is 3. The van der Waals surface area contributed by atoms with Crippen molar-refractivity contribution in [1.29, 1.82) is 0 Å². The first-order chi connectivity index (χ1) is 58.3. The van der Waals surface area contributed by atoms with Crippen LogP contribution >= 0.6 is 34.6 Å². The van der Waals surface area contributed by atoms with Crippen LogP contribution in [-0.2, 0) is 53.7 Å². The zero-order chi connectivity index (χ0) is 82.8. The highest BCUT2D eigenvalue weighted by atomic mass is 32.1. The number of hydrogen-bond donors (Lipinski definition) is 6. The standard InChI is InChI=1S/C27H30N10O2S.C26H27FN10OS.C26H27N11O3S/c1-18-4-3-7-34(13-18)16-22-10-25(40-33-22)32-26-27-28-12-23(37(27)14-19(2)30-26)20-11-29-35(15-20)17-24(38)31-21-5-8-36(39)9-6-21;1-17-13-37-22(18-10-30-36(14-18)16-23(38)32-21-5-6-28-11-20(21)27)12-29-26(37)25(31-17)33-24-9-19(34-39-24)15-35-7-3-2-4-8-35;1-17-13-36-21(18-10-29-35(14-18)16-23(38)31-20-5-6-27-11-22(20)37(39)40)12-28-26(36)25(30-17)32-24-9-19(33-41-24)15-34-7-3-2-4-8-34/h5-6,8-12,14-15,18,39H,3-4,7,13,16-17H2,1-2H3,(H,30,32);5-6,9-14H,2-4,7-8,15-16H2,1H3,(H,31,33)(H,28,32,38);5-6,9-14H,2-4,7-8,15-16H2,1H3,(H,30,32)(H,27,31,38). The third-order valence-electron chi connectivity index (χ3n) is 20.1. The van der Waals surface area contributed by atoms with E-state index in [1.807, 2.05) is 52.6 Å². The maximum Gasteiger partial charge on any atom is 0.310 e. The molecular formula is C79H84FN31O6S3. The Morgan fingerprint density at radius 3 is 1.39 bits per heavy atom. The summed E-state index contributed by atoms with van der Waals surface area (Å²) in [5.74, 6) is 0.844. The highest BCUT2D eigenvalue weighted by molar-refractivity contribution is 7.10. The number of aryl methyl sites for hydroxylation is 3. The predicted molar refractivity (Wildman–Crippen MR) is 449 cm³/mol. The Hall–Kier alpha value is -13.4. The van der Waals surface area contributed by atoms with Gasteiger partial charge in [-0.05, 0) is 175 Å². The molecule has 3 fully saturated rings. The molecule has 6 N–H and O–H groups in total. The van der Waals surface area contributed by atoms with Gasteiger partial charge in [-0.1, -0.05) is 19.8 Å². The Bertz CT molecular complexity index is 6240. The number of anilines is 8. The summed E-state index contributed by atoms with van der Waals surface area (Å²) in [6.07, 6.45) is 39.2. The lowest BCUT2D eigenvalue weighted by atomic mass is 10.0. The number of aromatic nitrogens is 21. The minimum absolute atomic E-state index is 0.0117. The number of imidazole rings is 3. The number of nitrogens with zero attached hydrogens (tertiary/aromatic N) is 26. The van der Waals surface area contributed by atoms with Gasteiger partial charge in [0, 0.05) is 105 Å². The Labute approximate surface area is 697 Å². The summed E-state index contributed by atoms with van der Waals surface area (Å²) in [6, 6.07) is 12.1. The normalized spacial score (nSPS) is 14.6. The van der Waals surface area contributed by atoms with E-state index in [0.29, 0.717) is 39.8 Å². The van der Waals surface area contributed by atoms with E-state index >= 15 is 0 Å². The maximum absolute atomic E-state index is 13.8. The summed E-state index contributed by atoms with van der Waals surface area (Å²) in [7, 11) is 0. The second kappa shape index (κ2) is 36.7. The first-order valence-electron chi connectivity index (χ1n) is 39.0. The van der Waals surface area contributed by atoms with Crippen LogP contribution in [0.4, 0.5) is 53.9 Å². The van der Waals surface area contributed by atoms with Crippen molar-refractivity contribution in [2.45, 2.75) is 118 Å².